The number of carboxylic acid groups (broad SMARTS) is 1. The van der Waals surface area contributed by atoms with E-state index >= 15 is 0 Å². The third-order valence-corrected chi connectivity index (χ3v) is 8.10. The Labute approximate surface area is 223 Å². The van der Waals surface area contributed by atoms with Crippen LogP contribution in [-0.2, 0) is 24.2 Å². The molecule has 5 nitrogen and oxygen atoms in total. The number of ether oxygens (including phenoxy) is 3. The Morgan fingerprint density at radius 3 is 2.65 bits per heavy atom. The summed E-state index contributed by atoms with van der Waals surface area (Å²) in [6, 6.07) is 14.6. The summed E-state index contributed by atoms with van der Waals surface area (Å²) < 4.78 is 18.1. The SMILES string of the molecule is CSCCCOc1cc(C)c(-c2ccc(C)c(COc3ccc4c(c3)OCC4CC(=O)O)c2)c2c1CC2. The molecule has 1 atom stereocenters. The van der Waals surface area contributed by atoms with Gasteiger partial charge in [0.15, 0.2) is 0 Å². The number of aliphatic carboxylic acids is 1. The van der Waals surface area contributed by atoms with E-state index in [1.807, 2.05) is 30.0 Å². The lowest BCUT2D eigenvalue weighted by molar-refractivity contribution is -0.137. The quantitative estimate of drug-likeness (QED) is 0.284. The van der Waals surface area contributed by atoms with Crippen molar-refractivity contribution >= 4 is 17.7 Å². The fourth-order valence-corrected chi connectivity index (χ4v) is 5.71. The maximum absolute atomic E-state index is 11.1. The van der Waals surface area contributed by atoms with E-state index in [2.05, 4.69) is 44.4 Å². The van der Waals surface area contributed by atoms with Gasteiger partial charge in [0, 0.05) is 17.5 Å². The van der Waals surface area contributed by atoms with Crippen molar-refractivity contribution < 1.29 is 24.1 Å². The molecule has 1 heterocycles. The van der Waals surface area contributed by atoms with Crippen molar-refractivity contribution in [3.63, 3.8) is 0 Å². The van der Waals surface area contributed by atoms with Gasteiger partial charge in [0.05, 0.1) is 19.6 Å². The van der Waals surface area contributed by atoms with E-state index in [-0.39, 0.29) is 12.3 Å². The molecule has 1 N–H and O–H groups in total. The van der Waals surface area contributed by atoms with Gasteiger partial charge in [-0.2, -0.15) is 11.8 Å². The van der Waals surface area contributed by atoms with Gasteiger partial charge in [-0.25, -0.2) is 0 Å². The number of benzene rings is 3. The molecule has 194 valence electrons. The van der Waals surface area contributed by atoms with Gasteiger partial charge in [0.1, 0.15) is 23.9 Å². The summed E-state index contributed by atoms with van der Waals surface area (Å²) in [6.45, 7) is 5.92. The van der Waals surface area contributed by atoms with E-state index in [0.29, 0.717) is 13.2 Å². The van der Waals surface area contributed by atoms with E-state index in [0.717, 1.165) is 60.0 Å². The summed E-state index contributed by atoms with van der Waals surface area (Å²) in [4.78, 5) is 11.1. The van der Waals surface area contributed by atoms with Crippen LogP contribution >= 0.6 is 11.8 Å². The van der Waals surface area contributed by atoms with Crippen LogP contribution in [0.2, 0.25) is 0 Å². The van der Waals surface area contributed by atoms with Crippen molar-refractivity contribution in [2.24, 2.45) is 0 Å². The summed E-state index contributed by atoms with van der Waals surface area (Å²) in [5.74, 6) is 2.72. The molecule has 0 amide bonds. The lowest BCUT2D eigenvalue weighted by atomic mass is 9.79. The van der Waals surface area contributed by atoms with E-state index in [9.17, 15) is 4.79 Å². The molecule has 1 aliphatic carbocycles. The molecule has 0 saturated carbocycles. The highest BCUT2D eigenvalue weighted by Crippen LogP contribution is 2.43. The zero-order valence-electron chi connectivity index (χ0n) is 21.8. The first-order chi connectivity index (χ1) is 17.9. The minimum atomic E-state index is -0.810. The Kier molecular flexibility index (Phi) is 7.65. The van der Waals surface area contributed by atoms with Gasteiger partial charge in [-0.15, -0.1) is 0 Å². The van der Waals surface area contributed by atoms with Crippen molar-refractivity contribution in [3.8, 4) is 28.4 Å². The molecule has 0 bridgehead atoms. The number of hydrogen-bond donors (Lipinski definition) is 1. The fourth-order valence-electron chi connectivity index (χ4n) is 5.30. The predicted molar refractivity (Wildman–Crippen MR) is 149 cm³/mol. The van der Waals surface area contributed by atoms with E-state index in [1.54, 1.807) is 0 Å². The van der Waals surface area contributed by atoms with Crippen molar-refractivity contribution in [1.29, 1.82) is 0 Å². The smallest absolute Gasteiger partial charge is 0.304 e. The van der Waals surface area contributed by atoms with Crippen LogP contribution in [-0.4, -0.2) is 36.3 Å². The first-order valence-electron chi connectivity index (χ1n) is 12.9. The standard InChI is InChI=1S/C31H34O5S/c1-19-5-6-21(31-20(2)13-28(26-9-10-27(26)31)34-11-4-12-37-3)14-22(19)17-35-24-7-8-25-23(15-30(32)33)18-36-29(25)16-24/h5-8,13-14,16,23H,4,9-12,15,17-18H2,1-3H3,(H,32,33). The molecule has 37 heavy (non-hydrogen) atoms. The van der Waals surface area contributed by atoms with Gasteiger partial charge in [-0.1, -0.05) is 18.2 Å². The molecule has 0 saturated heterocycles. The molecule has 3 aromatic rings. The topological polar surface area (TPSA) is 65.0 Å². The Bertz CT molecular complexity index is 1320. The molecule has 2 aliphatic rings. The van der Waals surface area contributed by atoms with Crippen LogP contribution in [0.25, 0.3) is 11.1 Å². The minimum absolute atomic E-state index is 0.0768. The van der Waals surface area contributed by atoms with Gasteiger partial charge >= 0.3 is 5.97 Å². The molecule has 0 radical (unpaired) electrons. The third kappa shape index (κ3) is 5.45. The number of fused-ring (bicyclic) bond motifs is 2. The largest absolute Gasteiger partial charge is 0.493 e. The number of rotatable bonds is 11. The Morgan fingerprint density at radius 1 is 1.05 bits per heavy atom. The van der Waals surface area contributed by atoms with Crippen LogP contribution in [0.15, 0.2) is 42.5 Å². The number of carbonyl (C=O) groups is 1. The zero-order valence-corrected chi connectivity index (χ0v) is 22.6. The molecule has 0 aromatic heterocycles. The summed E-state index contributed by atoms with van der Waals surface area (Å²) in [7, 11) is 0. The molecule has 3 aromatic carbocycles. The molecule has 5 rings (SSSR count). The number of carboxylic acids is 1. The van der Waals surface area contributed by atoms with Crippen molar-refractivity contribution in [2.75, 3.05) is 25.2 Å². The Hall–Kier alpha value is -3.12. The lowest BCUT2D eigenvalue weighted by Gasteiger charge is -2.28. The van der Waals surface area contributed by atoms with E-state index < -0.39 is 5.97 Å². The first kappa shape index (κ1) is 25.5. The van der Waals surface area contributed by atoms with Crippen LogP contribution in [0, 0.1) is 13.8 Å². The van der Waals surface area contributed by atoms with E-state index in [4.69, 9.17) is 19.3 Å². The molecular formula is C31H34O5S. The van der Waals surface area contributed by atoms with Gasteiger partial charge in [0.2, 0.25) is 0 Å². The molecular weight excluding hydrogens is 484 g/mol. The number of thioether (sulfide) groups is 1. The van der Waals surface area contributed by atoms with Crippen LogP contribution < -0.4 is 14.2 Å². The molecule has 1 aliphatic heterocycles. The Balaban J connectivity index is 1.32. The third-order valence-electron chi connectivity index (χ3n) is 7.40. The summed E-state index contributed by atoms with van der Waals surface area (Å²) in [5, 5.41) is 9.13. The van der Waals surface area contributed by atoms with Gasteiger partial charge in [-0.3, -0.25) is 4.79 Å². The van der Waals surface area contributed by atoms with Gasteiger partial charge < -0.3 is 19.3 Å². The fraction of sp³-hybridized carbons (Fsp3) is 0.387. The van der Waals surface area contributed by atoms with E-state index in [1.165, 1.54) is 33.4 Å². The van der Waals surface area contributed by atoms with Crippen LogP contribution in [0.3, 0.4) is 0 Å². The molecule has 0 fully saturated rings. The predicted octanol–water partition coefficient (Wildman–Crippen LogP) is 6.73. The van der Waals surface area contributed by atoms with Crippen LogP contribution in [0.1, 0.15) is 52.1 Å². The first-order valence-corrected chi connectivity index (χ1v) is 14.3. The molecule has 1 unspecified atom stereocenters. The monoisotopic (exact) mass is 518 g/mol. The second-order valence-corrected chi connectivity index (χ2v) is 10.9. The second kappa shape index (κ2) is 11.1. The normalized spacial score (nSPS) is 15.4. The average Bonchev–Trinajstić information content (AvgIpc) is 3.24. The Morgan fingerprint density at radius 2 is 1.89 bits per heavy atom. The van der Waals surface area contributed by atoms with Gasteiger partial charge in [0.25, 0.3) is 0 Å². The minimum Gasteiger partial charge on any atom is -0.493 e. The van der Waals surface area contributed by atoms with Crippen molar-refractivity contribution in [1.82, 2.24) is 0 Å². The maximum atomic E-state index is 11.1. The highest BCUT2D eigenvalue weighted by atomic mass is 32.2. The lowest BCUT2D eigenvalue weighted by Crippen LogP contribution is -2.15. The number of aryl methyl sites for hydroxylation is 2. The second-order valence-electron chi connectivity index (χ2n) is 9.95. The van der Waals surface area contributed by atoms with Crippen molar-refractivity contribution in [2.45, 2.75) is 52.1 Å². The summed E-state index contributed by atoms with van der Waals surface area (Å²) in [6.07, 6.45) is 5.44. The average molecular weight is 519 g/mol. The number of hydrogen-bond acceptors (Lipinski definition) is 5. The maximum Gasteiger partial charge on any atom is 0.304 e. The van der Waals surface area contributed by atoms with Crippen LogP contribution in [0.5, 0.6) is 17.2 Å². The van der Waals surface area contributed by atoms with Crippen LogP contribution in [0.4, 0.5) is 0 Å². The van der Waals surface area contributed by atoms with Crippen molar-refractivity contribution in [3.05, 3.63) is 75.8 Å². The molecule has 6 heteroatoms. The highest BCUT2D eigenvalue weighted by Gasteiger charge is 2.27. The summed E-state index contributed by atoms with van der Waals surface area (Å²) >= 11 is 1.86. The summed E-state index contributed by atoms with van der Waals surface area (Å²) in [5.41, 5.74) is 9.86. The highest BCUT2D eigenvalue weighted by molar-refractivity contribution is 7.98. The van der Waals surface area contributed by atoms with Gasteiger partial charge in [-0.05, 0) is 102 Å². The molecule has 0 spiro atoms. The zero-order chi connectivity index (χ0) is 25.9.